The topological polar surface area (TPSA) is 82.1 Å². The molecule has 5 nitrogen and oxygen atoms in total. The van der Waals surface area contributed by atoms with Gasteiger partial charge in [0.1, 0.15) is 5.03 Å². The van der Waals surface area contributed by atoms with E-state index in [1.54, 1.807) is 0 Å². The summed E-state index contributed by atoms with van der Waals surface area (Å²) in [6.07, 6.45) is 1.48. The Labute approximate surface area is 132 Å². The molecule has 0 aliphatic heterocycles. The Bertz CT molecular complexity index is 716. The maximum atomic E-state index is 11.9. The molecular weight excluding hydrogens is 300 g/mol. The molecular formula is C16H15N2O3S-. The number of hydrogen-bond acceptors (Lipinski definition) is 5. The first-order chi connectivity index (χ1) is 10.5. The number of aromatic carboxylic acids is 1. The van der Waals surface area contributed by atoms with Crippen LogP contribution >= 0.6 is 11.8 Å². The molecule has 0 bridgehead atoms. The highest BCUT2D eigenvalue weighted by atomic mass is 32.2. The summed E-state index contributed by atoms with van der Waals surface area (Å²) in [5, 5.41) is 14.0. The number of hydrogen-bond donors (Lipinski definition) is 1. The monoisotopic (exact) mass is 315 g/mol. The van der Waals surface area contributed by atoms with E-state index in [4.69, 9.17) is 0 Å². The average Bonchev–Trinajstić information content (AvgIpc) is 2.49. The molecule has 0 atom stereocenters. The number of anilines is 1. The van der Waals surface area contributed by atoms with E-state index in [-0.39, 0.29) is 22.2 Å². The van der Waals surface area contributed by atoms with Crippen LogP contribution in [0.4, 0.5) is 5.69 Å². The van der Waals surface area contributed by atoms with E-state index in [2.05, 4.69) is 10.3 Å². The molecule has 0 fully saturated rings. The third-order valence-corrected chi connectivity index (χ3v) is 4.13. The Morgan fingerprint density at radius 1 is 1.23 bits per heavy atom. The molecule has 114 valence electrons. The molecule has 1 N–H and O–H groups in total. The van der Waals surface area contributed by atoms with Gasteiger partial charge in [-0.15, -0.1) is 0 Å². The maximum absolute atomic E-state index is 11.9. The fourth-order valence-corrected chi connectivity index (χ4v) is 2.59. The van der Waals surface area contributed by atoms with Gasteiger partial charge in [0.2, 0.25) is 5.91 Å². The number of benzene rings is 1. The lowest BCUT2D eigenvalue weighted by molar-refractivity contribution is -0.255. The first kappa shape index (κ1) is 16.0. The second-order valence-electron chi connectivity index (χ2n) is 4.78. The van der Waals surface area contributed by atoms with Crippen LogP contribution in [0.15, 0.2) is 41.6 Å². The van der Waals surface area contributed by atoms with E-state index in [0.29, 0.717) is 0 Å². The van der Waals surface area contributed by atoms with Gasteiger partial charge in [-0.3, -0.25) is 4.79 Å². The van der Waals surface area contributed by atoms with Crippen LogP contribution in [0, 0.1) is 13.8 Å². The van der Waals surface area contributed by atoms with Crippen molar-refractivity contribution in [2.45, 2.75) is 18.9 Å². The molecule has 22 heavy (non-hydrogen) atoms. The van der Waals surface area contributed by atoms with Crippen molar-refractivity contribution in [3.8, 4) is 0 Å². The third-order valence-electron chi connectivity index (χ3n) is 3.12. The summed E-state index contributed by atoms with van der Waals surface area (Å²) in [5.41, 5.74) is 2.95. The van der Waals surface area contributed by atoms with Crippen molar-refractivity contribution in [1.82, 2.24) is 4.98 Å². The van der Waals surface area contributed by atoms with Crippen LogP contribution in [-0.4, -0.2) is 22.6 Å². The van der Waals surface area contributed by atoms with Gasteiger partial charge in [0.25, 0.3) is 0 Å². The van der Waals surface area contributed by atoms with Gasteiger partial charge in [-0.2, -0.15) is 0 Å². The summed E-state index contributed by atoms with van der Waals surface area (Å²) < 4.78 is 0. The van der Waals surface area contributed by atoms with Gasteiger partial charge in [-0.25, -0.2) is 4.98 Å². The van der Waals surface area contributed by atoms with Crippen LogP contribution in [0.3, 0.4) is 0 Å². The zero-order valence-electron chi connectivity index (χ0n) is 12.3. The van der Waals surface area contributed by atoms with Crippen molar-refractivity contribution in [2.75, 3.05) is 11.1 Å². The lowest BCUT2D eigenvalue weighted by Gasteiger charge is -2.09. The normalized spacial score (nSPS) is 10.3. The predicted octanol–water partition coefficient (Wildman–Crippen LogP) is 1.79. The highest BCUT2D eigenvalue weighted by Crippen LogP contribution is 2.20. The number of carboxylic acids is 1. The molecule has 0 radical (unpaired) electrons. The van der Waals surface area contributed by atoms with Gasteiger partial charge in [0.05, 0.1) is 11.7 Å². The number of amides is 1. The number of rotatable bonds is 5. The van der Waals surface area contributed by atoms with E-state index < -0.39 is 5.97 Å². The smallest absolute Gasteiger partial charge is 0.234 e. The summed E-state index contributed by atoms with van der Waals surface area (Å²) in [7, 11) is 0. The van der Waals surface area contributed by atoms with E-state index >= 15 is 0 Å². The van der Waals surface area contributed by atoms with Gasteiger partial charge < -0.3 is 15.2 Å². The van der Waals surface area contributed by atoms with Crippen molar-refractivity contribution in [2.24, 2.45) is 0 Å². The van der Waals surface area contributed by atoms with Crippen LogP contribution in [0.2, 0.25) is 0 Å². The first-order valence-electron chi connectivity index (χ1n) is 6.63. The number of nitrogens with zero attached hydrogens (tertiary/aromatic N) is 1. The third kappa shape index (κ3) is 4.08. The SMILES string of the molecule is Cc1ccc(NC(=O)CSc2ncccc2C(=O)[O-])cc1C. The van der Waals surface area contributed by atoms with Crippen molar-refractivity contribution >= 4 is 29.3 Å². The second kappa shape index (κ2) is 7.09. The maximum Gasteiger partial charge on any atom is 0.234 e. The van der Waals surface area contributed by atoms with Crippen LogP contribution in [0.5, 0.6) is 0 Å². The Morgan fingerprint density at radius 3 is 2.68 bits per heavy atom. The fourth-order valence-electron chi connectivity index (χ4n) is 1.81. The van der Waals surface area contributed by atoms with Gasteiger partial charge in [-0.05, 0) is 49.2 Å². The number of thioether (sulfide) groups is 1. The van der Waals surface area contributed by atoms with Crippen LogP contribution < -0.4 is 10.4 Å². The van der Waals surface area contributed by atoms with Gasteiger partial charge in [-0.1, -0.05) is 17.8 Å². The van der Waals surface area contributed by atoms with E-state index in [9.17, 15) is 14.7 Å². The van der Waals surface area contributed by atoms with Crippen LogP contribution in [-0.2, 0) is 4.79 Å². The summed E-state index contributed by atoms with van der Waals surface area (Å²) in [4.78, 5) is 26.9. The molecule has 0 aliphatic carbocycles. The Balaban J connectivity index is 1.98. The number of carboxylic acid groups (broad SMARTS) is 1. The number of carbonyl (C=O) groups excluding carboxylic acids is 2. The highest BCUT2D eigenvalue weighted by molar-refractivity contribution is 8.00. The van der Waals surface area contributed by atoms with Gasteiger partial charge in [0.15, 0.2) is 0 Å². The summed E-state index contributed by atoms with van der Waals surface area (Å²) in [6, 6.07) is 8.59. The van der Waals surface area contributed by atoms with E-state index in [0.717, 1.165) is 28.6 Å². The minimum atomic E-state index is -1.30. The zero-order chi connectivity index (χ0) is 16.1. The van der Waals surface area contributed by atoms with Gasteiger partial charge >= 0.3 is 0 Å². The fraction of sp³-hybridized carbons (Fsp3) is 0.188. The lowest BCUT2D eigenvalue weighted by Crippen LogP contribution is -2.23. The lowest BCUT2D eigenvalue weighted by atomic mass is 10.1. The zero-order valence-corrected chi connectivity index (χ0v) is 13.1. The molecule has 6 heteroatoms. The standard InChI is InChI=1S/C16H16N2O3S/c1-10-5-6-12(8-11(10)2)18-14(19)9-22-15-13(16(20)21)4-3-7-17-15/h3-8H,9H2,1-2H3,(H,18,19)(H,20,21)/p-1. The summed E-state index contributed by atoms with van der Waals surface area (Å²) in [6.45, 7) is 3.97. The molecule has 1 aromatic heterocycles. The van der Waals surface area contributed by atoms with Crippen molar-refractivity contribution < 1.29 is 14.7 Å². The summed E-state index contributed by atoms with van der Waals surface area (Å²) >= 11 is 1.07. The molecule has 1 heterocycles. The first-order valence-corrected chi connectivity index (χ1v) is 7.62. The number of aryl methyl sites for hydroxylation is 2. The number of nitrogens with one attached hydrogen (secondary N) is 1. The van der Waals surface area contributed by atoms with E-state index in [1.165, 1.54) is 18.3 Å². The highest BCUT2D eigenvalue weighted by Gasteiger charge is 2.09. The molecule has 0 aliphatic rings. The van der Waals surface area contributed by atoms with Crippen LogP contribution in [0.1, 0.15) is 21.5 Å². The summed E-state index contributed by atoms with van der Waals surface area (Å²) in [5.74, 6) is -1.45. The van der Waals surface area contributed by atoms with Crippen molar-refractivity contribution in [3.05, 3.63) is 53.2 Å². The molecule has 0 spiro atoms. The molecule has 1 amide bonds. The van der Waals surface area contributed by atoms with Crippen molar-refractivity contribution in [1.29, 1.82) is 0 Å². The molecule has 2 rings (SSSR count). The predicted molar refractivity (Wildman–Crippen MR) is 83.8 cm³/mol. The molecule has 2 aromatic rings. The number of pyridine rings is 1. The van der Waals surface area contributed by atoms with Gasteiger partial charge in [0, 0.05) is 17.4 Å². The molecule has 1 aromatic carbocycles. The number of carbonyl (C=O) groups is 2. The quantitative estimate of drug-likeness (QED) is 0.851. The minimum Gasteiger partial charge on any atom is -0.545 e. The Kier molecular flexibility index (Phi) is 5.16. The van der Waals surface area contributed by atoms with Crippen molar-refractivity contribution in [3.63, 3.8) is 0 Å². The van der Waals surface area contributed by atoms with E-state index in [1.807, 2.05) is 32.0 Å². The minimum absolute atomic E-state index is 0.00789. The largest absolute Gasteiger partial charge is 0.545 e. The molecule has 0 unspecified atom stereocenters. The Hall–Kier alpha value is -2.34. The number of aromatic nitrogens is 1. The average molecular weight is 315 g/mol. The molecule has 0 saturated carbocycles. The molecule has 0 saturated heterocycles. The Morgan fingerprint density at radius 2 is 2.00 bits per heavy atom. The van der Waals surface area contributed by atoms with Crippen LogP contribution in [0.25, 0.3) is 0 Å². The second-order valence-corrected chi connectivity index (χ2v) is 5.74.